The summed E-state index contributed by atoms with van der Waals surface area (Å²) in [7, 11) is 0. The molecule has 0 amide bonds. The number of hydrogen-bond donors (Lipinski definition) is 0. The molecule has 0 spiro atoms. The van der Waals surface area contributed by atoms with Crippen LogP contribution in [0.4, 0.5) is 0 Å². The molecule has 2 rings (SSSR count). The Morgan fingerprint density at radius 1 is 0.909 bits per heavy atom. The van der Waals surface area contributed by atoms with Crippen molar-refractivity contribution in [2.75, 3.05) is 46.6 Å². The molecule has 0 atom stereocenters. The molecule has 0 N–H and O–H groups in total. The van der Waals surface area contributed by atoms with Gasteiger partial charge in [0.25, 0.3) is 0 Å². The third-order valence-corrected chi connectivity index (χ3v) is 3.04. The zero-order valence-corrected chi connectivity index (χ0v) is 13.0. The van der Waals surface area contributed by atoms with Crippen molar-refractivity contribution in [3.8, 4) is 17.2 Å². The van der Waals surface area contributed by atoms with Crippen molar-refractivity contribution < 1.29 is 28.4 Å². The maximum absolute atomic E-state index is 5.47. The number of rotatable bonds is 12. The van der Waals surface area contributed by atoms with E-state index in [0.29, 0.717) is 37.9 Å². The number of hydrogen-bond acceptors (Lipinski definition) is 6. The summed E-state index contributed by atoms with van der Waals surface area (Å²) in [5.74, 6) is 2.13. The Morgan fingerprint density at radius 2 is 1.64 bits per heavy atom. The lowest BCUT2D eigenvalue weighted by Gasteiger charge is -2.08. The van der Waals surface area contributed by atoms with Gasteiger partial charge in [-0.25, -0.2) is 0 Å². The molecule has 0 fully saturated rings. The van der Waals surface area contributed by atoms with Gasteiger partial charge < -0.3 is 28.4 Å². The summed E-state index contributed by atoms with van der Waals surface area (Å²) in [6.45, 7) is 5.62. The van der Waals surface area contributed by atoms with Crippen LogP contribution in [0, 0.1) is 0 Å². The normalized spacial score (nSPS) is 12.6. The van der Waals surface area contributed by atoms with Gasteiger partial charge in [-0.2, -0.15) is 0 Å². The monoisotopic (exact) mass is 312 g/mol. The standard InChI is InChI=1S/C16H24O6/c1-2-3-6-17-7-8-18-9-10-19-12-20-14-4-5-15-16(11-14)22-13-21-15/h4-5,11H,2-3,6-10,12-13H2,1H3. The van der Waals surface area contributed by atoms with E-state index in [1.165, 1.54) is 0 Å². The Labute approximate surface area is 131 Å². The van der Waals surface area contributed by atoms with Crippen LogP contribution in [0.5, 0.6) is 17.2 Å². The highest BCUT2D eigenvalue weighted by Crippen LogP contribution is 2.34. The molecule has 6 nitrogen and oxygen atoms in total. The van der Waals surface area contributed by atoms with Crippen LogP contribution in [0.15, 0.2) is 18.2 Å². The summed E-state index contributed by atoms with van der Waals surface area (Å²) in [5.41, 5.74) is 0. The second-order valence-electron chi connectivity index (χ2n) is 4.76. The van der Waals surface area contributed by atoms with Crippen LogP contribution < -0.4 is 14.2 Å². The zero-order chi connectivity index (χ0) is 15.5. The van der Waals surface area contributed by atoms with E-state index in [9.17, 15) is 0 Å². The van der Waals surface area contributed by atoms with Crippen molar-refractivity contribution in [3.63, 3.8) is 0 Å². The highest BCUT2D eigenvalue weighted by atomic mass is 16.7. The predicted molar refractivity (Wildman–Crippen MR) is 80.6 cm³/mol. The minimum Gasteiger partial charge on any atom is -0.467 e. The lowest BCUT2D eigenvalue weighted by Crippen LogP contribution is -2.12. The average molecular weight is 312 g/mol. The number of fused-ring (bicyclic) bond motifs is 1. The summed E-state index contributed by atoms with van der Waals surface area (Å²) in [6, 6.07) is 5.43. The third kappa shape index (κ3) is 6.09. The molecule has 0 unspecified atom stereocenters. The summed E-state index contributed by atoms with van der Waals surface area (Å²) in [6.07, 6.45) is 2.25. The van der Waals surface area contributed by atoms with E-state index in [0.717, 1.165) is 25.2 Å². The van der Waals surface area contributed by atoms with E-state index < -0.39 is 0 Å². The molecule has 1 aliphatic heterocycles. The van der Waals surface area contributed by atoms with Gasteiger partial charge >= 0.3 is 0 Å². The summed E-state index contributed by atoms with van der Waals surface area (Å²) in [4.78, 5) is 0. The van der Waals surface area contributed by atoms with Crippen molar-refractivity contribution in [2.45, 2.75) is 19.8 Å². The van der Waals surface area contributed by atoms with Crippen LogP contribution >= 0.6 is 0 Å². The van der Waals surface area contributed by atoms with Gasteiger partial charge in [-0.15, -0.1) is 0 Å². The Hall–Kier alpha value is -1.50. The van der Waals surface area contributed by atoms with Crippen molar-refractivity contribution in [3.05, 3.63) is 18.2 Å². The molecule has 1 aromatic carbocycles. The van der Waals surface area contributed by atoms with Crippen LogP contribution in [0.3, 0.4) is 0 Å². The highest BCUT2D eigenvalue weighted by Gasteiger charge is 2.13. The van der Waals surface area contributed by atoms with Gasteiger partial charge in [0.1, 0.15) is 5.75 Å². The molecule has 1 aliphatic rings. The Morgan fingerprint density at radius 3 is 2.45 bits per heavy atom. The molecule has 0 saturated carbocycles. The van der Waals surface area contributed by atoms with Crippen LogP contribution in [0.2, 0.25) is 0 Å². The summed E-state index contributed by atoms with van der Waals surface area (Å²) >= 11 is 0. The number of benzene rings is 1. The molecule has 0 aliphatic carbocycles. The summed E-state index contributed by atoms with van der Waals surface area (Å²) in [5, 5.41) is 0. The lowest BCUT2D eigenvalue weighted by atomic mass is 10.3. The van der Waals surface area contributed by atoms with E-state index in [1.54, 1.807) is 6.07 Å². The minimum absolute atomic E-state index is 0.177. The second-order valence-corrected chi connectivity index (χ2v) is 4.76. The molecular weight excluding hydrogens is 288 g/mol. The van der Waals surface area contributed by atoms with Crippen molar-refractivity contribution >= 4 is 0 Å². The van der Waals surface area contributed by atoms with E-state index in [4.69, 9.17) is 28.4 Å². The highest BCUT2D eigenvalue weighted by molar-refractivity contribution is 5.46. The average Bonchev–Trinajstić information content (AvgIpc) is 3.00. The maximum Gasteiger partial charge on any atom is 0.231 e. The molecular formula is C16H24O6. The topological polar surface area (TPSA) is 55.4 Å². The predicted octanol–water partition coefficient (Wildman–Crippen LogP) is 2.60. The Balaban J connectivity index is 1.43. The number of unbranched alkanes of at least 4 members (excludes halogenated alkanes) is 1. The first kappa shape index (κ1) is 16.9. The molecule has 124 valence electrons. The van der Waals surface area contributed by atoms with E-state index >= 15 is 0 Å². The quantitative estimate of drug-likeness (QED) is 0.437. The van der Waals surface area contributed by atoms with Crippen LogP contribution in [-0.2, 0) is 14.2 Å². The molecule has 1 heterocycles. The fourth-order valence-corrected chi connectivity index (χ4v) is 1.82. The van der Waals surface area contributed by atoms with Crippen LogP contribution in [0.1, 0.15) is 19.8 Å². The molecule has 0 aromatic heterocycles. The first-order chi connectivity index (χ1) is 10.9. The van der Waals surface area contributed by atoms with Crippen LogP contribution in [-0.4, -0.2) is 46.6 Å². The fourth-order valence-electron chi connectivity index (χ4n) is 1.82. The fraction of sp³-hybridized carbons (Fsp3) is 0.625. The molecule has 6 heteroatoms. The van der Waals surface area contributed by atoms with Gasteiger partial charge in [-0.05, 0) is 18.6 Å². The first-order valence-electron chi connectivity index (χ1n) is 7.66. The third-order valence-electron chi connectivity index (χ3n) is 3.04. The van der Waals surface area contributed by atoms with Gasteiger partial charge in [-0.3, -0.25) is 0 Å². The molecule has 0 saturated heterocycles. The Kier molecular flexibility index (Phi) is 7.87. The largest absolute Gasteiger partial charge is 0.467 e. The molecule has 1 aromatic rings. The van der Waals surface area contributed by atoms with Gasteiger partial charge in [-0.1, -0.05) is 13.3 Å². The minimum atomic E-state index is 0.177. The summed E-state index contributed by atoms with van der Waals surface area (Å²) < 4.78 is 32.1. The van der Waals surface area contributed by atoms with E-state index in [2.05, 4.69) is 6.92 Å². The van der Waals surface area contributed by atoms with Gasteiger partial charge in [0.05, 0.1) is 26.4 Å². The first-order valence-corrected chi connectivity index (χ1v) is 7.66. The zero-order valence-electron chi connectivity index (χ0n) is 13.0. The molecule has 22 heavy (non-hydrogen) atoms. The van der Waals surface area contributed by atoms with Gasteiger partial charge in [0.15, 0.2) is 18.3 Å². The Bertz CT molecular complexity index is 423. The maximum atomic E-state index is 5.47. The molecule has 0 radical (unpaired) electrons. The molecule has 0 bridgehead atoms. The van der Waals surface area contributed by atoms with Crippen molar-refractivity contribution in [2.24, 2.45) is 0 Å². The van der Waals surface area contributed by atoms with Crippen molar-refractivity contribution in [1.82, 2.24) is 0 Å². The number of ether oxygens (including phenoxy) is 6. The lowest BCUT2D eigenvalue weighted by molar-refractivity contribution is -0.0267. The van der Waals surface area contributed by atoms with E-state index in [-0.39, 0.29) is 13.6 Å². The van der Waals surface area contributed by atoms with Gasteiger partial charge in [0, 0.05) is 12.7 Å². The smallest absolute Gasteiger partial charge is 0.231 e. The second kappa shape index (κ2) is 10.3. The van der Waals surface area contributed by atoms with Gasteiger partial charge in [0.2, 0.25) is 6.79 Å². The van der Waals surface area contributed by atoms with Crippen LogP contribution in [0.25, 0.3) is 0 Å². The SMILES string of the molecule is CCCCOCCOCCOCOc1ccc2c(c1)OCO2. The van der Waals surface area contributed by atoms with Crippen molar-refractivity contribution in [1.29, 1.82) is 0 Å². The van der Waals surface area contributed by atoms with E-state index in [1.807, 2.05) is 12.1 Å².